The Balaban J connectivity index is 0.000000344. The summed E-state index contributed by atoms with van der Waals surface area (Å²) in [5.74, 6) is 1.36. The highest BCUT2D eigenvalue weighted by molar-refractivity contribution is 7.89. The fourth-order valence-corrected chi connectivity index (χ4v) is 6.55. The molecule has 0 unspecified atom stereocenters. The van der Waals surface area contributed by atoms with Crippen LogP contribution in [0.25, 0.3) is 0 Å². The van der Waals surface area contributed by atoms with Gasteiger partial charge in [0.05, 0.1) is 14.2 Å². The third-order valence-corrected chi connectivity index (χ3v) is 9.68. The van der Waals surface area contributed by atoms with Crippen LogP contribution >= 0.6 is 0 Å². The Bertz CT molecular complexity index is 1900. The van der Waals surface area contributed by atoms with E-state index in [1.165, 1.54) is 37.8 Å². The number of methoxy groups -OCH3 is 2. The molecule has 0 aliphatic heterocycles. The number of sulfonamides is 2. The Labute approximate surface area is 269 Å². The van der Waals surface area contributed by atoms with Gasteiger partial charge >= 0.3 is 0 Å². The van der Waals surface area contributed by atoms with E-state index in [9.17, 15) is 26.4 Å². The topological polar surface area (TPSA) is 160 Å². The van der Waals surface area contributed by atoms with Crippen LogP contribution < -0.4 is 25.7 Å². The number of hydrogen-bond acceptors (Lipinski definition) is 8. The van der Waals surface area contributed by atoms with Crippen LogP contribution in [0, 0.1) is 0 Å². The summed E-state index contributed by atoms with van der Waals surface area (Å²) in [6.45, 7) is 7.46. The maximum Gasteiger partial charge on any atom is 0.270 e. The molecular weight excluding hydrogens is 633 g/mol. The van der Waals surface area contributed by atoms with Gasteiger partial charge in [-0.15, -0.1) is 0 Å². The molecule has 4 aromatic rings. The molecule has 4 rings (SSSR count). The molecule has 2 N–H and O–H groups in total. The first kappa shape index (κ1) is 36.2. The predicted molar refractivity (Wildman–Crippen MR) is 176 cm³/mol. The first-order valence-electron chi connectivity index (χ1n) is 14.3. The van der Waals surface area contributed by atoms with Crippen LogP contribution in [0.3, 0.4) is 0 Å². The molecule has 2 aromatic carbocycles. The number of aromatic nitrogens is 2. The maximum absolute atomic E-state index is 13.6. The lowest BCUT2D eigenvalue weighted by Crippen LogP contribution is -2.36. The minimum atomic E-state index is -4.08. The highest BCUT2D eigenvalue weighted by atomic mass is 32.2. The van der Waals surface area contributed by atoms with Crippen molar-refractivity contribution in [2.24, 2.45) is 5.14 Å². The summed E-state index contributed by atoms with van der Waals surface area (Å²) < 4.78 is 63.7. The van der Waals surface area contributed by atoms with E-state index >= 15 is 0 Å². The van der Waals surface area contributed by atoms with Crippen molar-refractivity contribution in [2.45, 2.75) is 62.7 Å². The SMILES string of the molecule is CC(C)n1cccc(S(N)(=O)=O)c1=O.COc1ccc(CN(Cc2ccc(OC)cc2)S(=O)(=O)c2cccn(C(C)C)c2=O)cc1. The fourth-order valence-electron chi connectivity index (χ4n) is 4.44. The van der Waals surface area contributed by atoms with Crippen molar-refractivity contribution in [3.8, 4) is 11.5 Å². The van der Waals surface area contributed by atoms with E-state index in [1.807, 2.05) is 38.1 Å². The van der Waals surface area contributed by atoms with Crippen LogP contribution in [0.1, 0.15) is 50.9 Å². The van der Waals surface area contributed by atoms with Gasteiger partial charge in [0, 0.05) is 37.6 Å². The van der Waals surface area contributed by atoms with Crippen LogP contribution in [0.15, 0.2) is 105 Å². The number of hydrogen-bond donors (Lipinski definition) is 1. The standard InChI is InChI=1S/C24H28N2O5S.C8H12N2O3S/c1-18(2)26-15-5-6-23(24(26)27)32(28,29)25(16-19-7-11-21(30-3)12-8-19)17-20-9-13-22(31-4)14-10-20;1-6(2)10-5-3-4-7(8(10)11)14(9,12)13/h5-15,18H,16-17H2,1-4H3;3-6H,1-2H3,(H2,9,12,13). The summed E-state index contributed by atoms with van der Waals surface area (Å²) in [7, 11) is -4.85. The molecular formula is C32H40N4O8S2. The van der Waals surface area contributed by atoms with Crippen LogP contribution in [0.2, 0.25) is 0 Å². The third-order valence-electron chi connectivity index (χ3n) is 6.95. The molecule has 0 saturated heterocycles. The van der Waals surface area contributed by atoms with Crippen molar-refractivity contribution in [2.75, 3.05) is 14.2 Å². The van der Waals surface area contributed by atoms with Crippen molar-refractivity contribution in [3.05, 3.63) is 117 Å². The van der Waals surface area contributed by atoms with E-state index in [4.69, 9.17) is 14.6 Å². The Morgan fingerprint density at radius 3 is 1.37 bits per heavy atom. The molecule has 0 aliphatic carbocycles. The Morgan fingerprint density at radius 2 is 1.02 bits per heavy atom. The minimum Gasteiger partial charge on any atom is -0.497 e. The lowest BCUT2D eigenvalue weighted by molar-refractivity contribution is 0.396. The van der Waals surface area contributed by atoms with Gasteiger partial charge in [0.25, 0.3) is 11.1 Å². The summed E-state index contributed by atoms with van der Waals surface area (Å²) in [6, 6.07) is 19.8. The van der Waals surface area contributed by atoms with Crippen molar-refractivity contribution in [1.82, 2.24) is 13.4 Å². The Hall–Kier alpha value is -4.24. The molecule has 0 radical (unpaired) electrons. The zero-order valence-electron chi connectivity index (χ0n) is 26.7. The minimum absolute atomic E-state index is 0.0933. The zero-order chi connectivity index (χ0) is 34.2. The van der Waals surface area contributed by atoms with Gasteiger partial charge in [-0.25, -0.2) is 22.0 Å². The van der Waals surface area contributed by atoms with Crippen molar-refractivity contribution >= 4 is 20.0 Å². The van der Waals surface area contributed by atoms with Crippen molar-refractivity contribution in [1.29, 1.82) is 0 Å². The molecule has 12 nitrogen and oxygen atoms in total. The number of nitrogens with zero attached hydrogens (tertiary/aromatic N) is 3. The summed E-state index contributed by atoms with van der Waals surface area (Å²) in [6.07, 6.45) is 3.13. The molecule has 0 aliphatic rings. The molecule has 2 heterocycles. The van der Waals surface area contributed by atoms with Gasteiger partial charge in [-0.2, -0.15) is 4.31 Å². The van der Waals surface area contributed by atoms with Crippen molar-refractivity contribution < 1.29 is 26.3 Å². The summed E-state index contributed by atoms with van der Waals surface area (Å²) >= 11 is 0. The van der Waals surface area contributed by atoms with Gasteiger partial charge in [0.15, 0.2) is 0 Å². The van der Waals surface area contributed by atoms with Crippen molar-refractivity contribution in [3.63, 3.8) is 0 Å². The van der Waals surface area contributed by atoms with E-state index in [0.29, 0.717) is 11.5 Å². The number of ether oxygens (including phenoxy) is 2. The second-order valence-corrected chi connectivity index (χ2v) is 14.3. The van der Waals surface area contributed by atoms with Crippen LogP contribution in [0.4, 0.5) is 0 Å². The van der Waals surface area contributed by atoms with E-state index in [2.05, 4.69) is 0 Å². The monoisotopic (exact) mass is 672 g/mol. The average Bonchev–Trinajstić information content (AvgIpc) is 3.01. The average molecular weight is 673 g/mol. The smallest absolute Gasteiger partial charge is 0.270 e. The quantitative estimate of drug-likeness (QED) is 0.251. The van der Waals surface area contributed by atoms with E-state index in [0.717, 1.165) is 11.1 Å². The van der Waals surface area contributed by atoms with Crippen LogP contribution in [-0.4, -0.2) is 44.5 Å². The van der Waals surface area contributed by atoms with Crippen LogP contribution in [0.5, 0.6) is 11.5 Å². The second-order valence-electron chi connectivity index (χ2n) is 10.9. The van der Waals surface area contributed by atoms with E-state index < -0.39 is 31.2 Å². The molecule has 0 atom stereocenters. The van der Waals surface area contributed by atoms with Gasteiger partial charge in [-0.3, -0.25) is 9.59 Å². The van der Waals surface area contributed by atoms with Gasteiger partial charge < -0.3 is 18.6 Å². The third kappa shape index (κ3) is 8.94. The molecule has 2 aromatic heterocycles. The molecule has 46 heavy (non-hydrogen) atoms. The normalized spacial score (nSPS) is 11.8. The zero-order valence-corrected chi connectivity index (χ0v) is 28.3. The number of pyridine rings is 2. The van der Waals surface area contributed by atoms with E-state index in [-0.39, 0.29) is 35.0 Å². The Kier molecular flexibility index (Phi) is 12.1. The molecule has 0 spiro atoms. The molecule has 0 amide bonds. The molecule has 0 fully saturated rings. The number of primary sulfonamides is 1. The van der Waals surface area contributed by atoms with Gasteiger partial charge in [0.1, 0.15) is 21.3 Å². The lowest BCUT2D eigenvalue weighted by Gasteiger charge is -2.23. The molecule has 14 heteroatoms. The number of benzene rings is 2. The molecule has 0 saturated carbocycles. The number of rotatable bonds is 11. The Morgan fingerprint density at radius 1 is 0.652 bits per heavy atom. The predicted octanol–water partition coefficient (Wildman–Crippen LogP) is 3.91. The number of nitrogens with two attached hydrogens (primary N) is 1. The molecule has 0 bridgehead atoms. The first-order valence-corrected chi connectivity index (χ1v) is 17.3. The summed E-state index contributed by atoms with van der Waals surface area (Å²) in [4.78, 5) is 23.9. The largest absolute Gasteiger partial charge is 0.497 e. The summed E-state index contributed by atoms with van der Waals surface area (Å²) in [5, 5.41) is 4.89. The van der Waals surface area contributed by atoms with Crippen LogP contribution in [-0.2, 0) is 33.1 Å². The second kappa shape index (κ2) is 15.4. The first-order chi connectivity index (χ1) is 21.6. The highest BCUT2D eigenvalue weighted by Crippen LogP contribution is 2.22. The van der Waals surface area contributed by atoms with E-state index in [1.54, 1.807) is 64.6 Å². The van der Waals surface area contributed by atoms with Gasteiger partial charge in [-0.05, 0) is 87.4 Å². The summed E-state index contributed by atoms with van der Waals surface area (Å²) in [5.41, 5.74) is 0.452. The fraction of sp³-hybridized carbons (Fsp3) is 0.312. The van der Waals surface area contributed by atoms with Gasteiger partial charge in [0.2, 0.25) is 20.0 Å². The highest BCUT2D eigenvalue weighted by Gasteiger charge is 2.28. The maximum atomic E-state index is 13.6. The lowest BCUT2D eigenvalue weighted by atomic mass is 10.2. The van der Waals surface area contributed by atoms with Gasteiger partial charge in [-0.1, -0.05) is 24.3 Å². The molecule has 248 valence electrons.